The molecule has 0 N–H and O–H groups in total. The highest BCUT2D eigenvalue weighted by molar-refractivity contribution is 6.04. The zero-order valence-electron chi connectivity index (χ0n) is 38.3. The van der Waals surface area contributed by atoms with Crippen molar-refractivity contribution in [1.82, 2.24) is 0 Å². The van der Waals surface area contributed by atoms with Gasteiger partial charge in [0.2, 0.25) is 0 Å². The van der Waals surface area contributed by atoms with Crippen LogP contribution in [0.5, 0.6) is 0 Å². The van der Waals surface area contributed by atoms with Crippen molar-refractivity contribution >= 4 is 68.2 Å². The average molecular weight is 851 g/mol. The number of rotatable bonds is 4. The van der Waals surface area contributed by atoms with Crippen LogP contribution < -0.4 is 19.6 Å². The van der Waals surface area contributed by atoms with E-state index in [0.717, 1.165) is 11.4 Å². The molecule has 66 heavy (non-hydrogen) atoms. The summed E-state index contributed by atoms with van der Waals surface area (Å²) in [5, 5.41) is 0. The minimum Gasteiger partial charge on any atom is -0.306 e. The summed E-state index contributed by atoms with van der Waals surface area (Å²) in [6.07, 6.45) is 0. The van der Waals surface area contributed by atoms with E-state index in [0.29, 0.717) is 0 Å². The smallest absolute Gasteiger partial charge is 0.0703 e. The molecule has 2 aliphatic heterocycles. The molecule has 0 bridgehead atoms. The number of aryl methyl sites for hydroxylation is 2. The second-order valence-electron chi connectivity index (χ2n) is 19.5. The molecule has 0 aromatic heterocycles. The third-order valence-electron chi connectivity index (χ3n) is 15.0. The highest BCUT2D eigenvalue weighted by Crippen LogP contribution is 2.63. The fourth-order valence-corrected chi connectivity index (χ4v) is 12.2. The van der Waals surface area contributed by atoms with E-state index in [1.54, 1.807) is 0 Å². The molecule has 0 unspecified atom stereocenters. The lowest BCUT2D eigenvalue weighted by Crippen LogP contribution is -2.26. The second-order valence-corrected chi connectivity index (χ2v) is 19.5. The van der Waals surface area contributed by atoms with Gasteiger partial charge in [0.15, 0.2) is 0 Å². The van der Waals surface area contributed by atoms with Crippen LogP contribution in [-0.2, 0) is 10.8 Å². The number of hydrogen-bond donors (Lipinski definition) is 0. The minimum atomic E-state index is -0.261. The summed E-state index contributed by atoms with van der Waals surface area (Å²) in [6.45, 7) is 14.5. The van der Waals surface area contributed by atoms with Gasteiger partial charge in [-0.1, -0.05) is 125 Å². The molecule has 0 saturated heterocycles. The first-order chi connectivity index (χ1) is 32.1. The van der Waals surface area contributed by atoms with Gasteiger partial charge in [-0.05, 0) is 167 Å². The second kappa shape index (κ2) is 13.8. The van der Waals surface area contributed by atoms with Crippen LogP contribution in [0.15, 0.2) is 194 Å². The van der Waals surface area contributed by atoms with Gasteiger partial charge < -0.3 is 19.6 Å². The summed E-state index contributed by atoms with van der Waals surface area (Å²) in [6, 6.07) is 71.6. The highest BCUT2D eigenvalue weighted by atomic mass is 15.3. The monoisotopic (exact) mass is 850 g/mol. The maximum atomic E-state index is 2.50. The molecule has 0 radical (unpaired) electrons. The lowest BCUT2D eigenvalue weighted by Gasteiger charge is -2.40. The lowest BCUT2D eigenvalue weighted by molar-refractivity contribution is 0.601. The van der Waals surface area contributed by atoms with Gasteiger partial charge in [0, 0.05) is 33.6 Å². The molecule has 4 heteroatoms. The van der Waals surface area contributed by atoms with Crippen molar-refractivity contribution in [1.29, 1.82) is 0 Å². The summed E-state index contributed by atoms with van der Waals surface area (Å²) >= 11 is 0. The molecule has 318 valence electrons. The Morgan fingerprint density at radius 1 is 0.288 bits per heavy atom. The summed E-state index contributed by atoms with van der Waals surface area (Å²) < 4.78 is 0. The molecule has 0 amide bonds. The van der Waals surface area contributed by atoms with Gasteiger partial charge in [-0.3, -0.25) is 0 Å². The normalized spacial score (nSPS) is 15.2. The summed E-state index contributed by atoms with van der Waals surface area (Å²) in [5.74, 6) is 0. The van der Waals surface area contributed by atoms with E-state index in [1.807, 2.05) is 0 Å². The third-order valence-corrected chi connectivity index (χ3v) is 15.0. The van der Waals surface area contributed by atoms with Crippen LogP contribution >= 0.6 is 0 Å². The molecule has 4 aliphatic rings. The van der Waals surface area contributed by atoms with Crippen molar-refractivity contribution in [3.63, 3.8) is 0 Å². The lowest BCUT2D eigenvalue weighted by atomic mass is 9.72. The van der Waals surface area contributed by atoms with E-state index in [1.165, 1.54) is 113 Å². The van der Waals surface area contributed by atoms with Gasteiger partial charge >= 0.3 is 0 Å². The van der Waals surface area contributed by atoms with Crippen molar-refractivity contribution in [3.8, 4) is 22.3 Å². The van der Waals surface area contributed by atoms with E-state index in [2.05, 4.69) is 255 Å². The Hall–Kier alpha value is -7.82. The number of hydrogen-bond acceptors (Lipinski definition) is 4. The molecular formula is C62H50N4. The maximum Gasteiger partial charge on any atom is 0.0703 e. The molecule has 9 aromatic carbocycles. The molecule has 0 atom stereocenters. The Balaban J connectivity index is 0.941. The van der Waals surface area contributed by atoms with Crippen LogP contribution in [0, 0.1) is 13.8 Å². The molecule has 2 heterocycles. The molecular weight excluding hydrogens is 801 g/mol. The average Bonchev–Trinajstić information content (AvgIpc) is 3.72. The SMILES string of the molecule is Cc1cc(N2c3ccccc3N(c3ccccc3)c3ccccc32)cc2c1-c1ccc3c(c1C2(C)C)C(C)(C)c1cc(N2c4ccccc4N(c4ccccc4)c4ccccc42)cc(C)c1-3. The Labute approximate surface area is 388 Å². The molecule has 13 rings (SSSR count). The van der Waals surface area contributed by atoms with Gasteiger partial charge in [-0.15, -0.1) is 0 Å². The van der Waals surface area contributed by atoms with Gasteiger partial charge in [0.1, 0.15) is 0 Å². The Morgan fingerprint density at radius 2 is 0.545 bits per heavy atom. The van der Waals surface area contributed by atoms with Gasteiger partial charge in [0.05, 0.1) is 45.5 Å². The molecule has 2 aliphatic carbocycles. The zero-order valence-corrected chi connectivity index (χ0v) is 38.3. The third kappa shape index (κ3) is 5.21. The van der Waals surface area contributed by atoms with E-state index in [4.69, 9.17) is 0 Å². The van der Waals surface area contributed by atoms with Crippen molar-refractivity contribution < 1.29 is 0 Å². The number of benzene rings is 9. The predicted octanol–water partition coefficient (Wildman–Crippen LogP) is 17.4. The van der Waals surface area contributed by atoms with Gasteiger partial charge in [0.25, 0.3) is 0 Å². The summed E-state index contributed by atoms with van der Waals surface area (Å²) in [4.78, 5) is 9.78. The predicted molar refractivity (Wildman–Crippen MR) is 277 cm³/mol. The maximum absolute atomic E-state index is 2.50. The number of anilines is 12. The zero-order chi connectivity index (χ0) is 44.6. The van der Waals surface area contributed by atoms with Crippen LogP contribution in [0.2, 0.25) is 0 Å². The van der Waals surface area contributed by atoms with Crippen LogP contribution in [0.4, 0.5) is 68.2 Å². The molecule has 4 nitrogen and oxygen atoms in total. The fourth-order valence-electron chi connectivity index (χ4n) is 12.2. The minimum absolute atomic E-state index is 0.261. The fraction of sp³-hybridized carbons (Fsp3) is 0.129. The largest absolute Gasteiger partial charge is 0.306 e. The van der Waals surface area contributed by atoms with E-state index >= 15 is 0 Å². The number of nitrogens with zero attached hydrogens (tertiary/aromatic N) is 4. The van der Waals surface area contributed by atoms with E-state index in [-0.39, 0.29) is 10.8 Å². The first-order valence-corrected chi connectivity index (χ1v) is 23.3. The van der Waals surface area contributed by atoms with Crippen molar-refractivity contribution in [2.75, 3.05) is 19.6 Å². The standard InChI is InChI=1S/C62H50N4/c1-39-35-43(65-53-29-17-13-25-49(53)63(41-21-9-7-10-22-41)50-26-14-18-30-54(50)65)37-47-57(39)45-33-34-46-58-40(2)36-44(38-48(58)62(5,6)60(46)59(45)61(47,3)4)66-55-31-19-15-27-51(55)64(42-23-11-8-12-24-42)52-28-16-20-32-56(52)66/h7-38H,1-6H3. The van der Waals surface area contributed by atoms with Gasteiger partial charge in [-0.25, -0.2) is 0 Å². The first-order valence-electron chi connectivity index (χ1n) is 23.3. The summed E-state index contributed by atoms with van der Waals surface area (Å²) in [7, 11) is 0. The van der Waals surface area contributed by atoms with Crippen molar-refractivity contribution in [3.05, 3.63) is 228 Å². The molecule has 0 saturated carbocycles. The van der Waals surface area contributed by atoms with E-state index < -0.39 is 0 Å². The highest BCUT2D eigenvalue weighted by Gasteiger charge is 2.47. The number of para-hydroxylation sites is 10. The number of fused-ring (bicyclic) bond motifs is 11. The molecule has 0 fully saturated rings. The van der Waals surface area contributed by atoms with E-state index in [9.17, 15) is 0 Å². The first kappa shape index (κ1) is 38.6. The Morgan fingerprint density at radius 3 is 0.833 bits per heavy atom. The summed E-state index contributed by atoms with van der Waals surface area (Å²) in [5.41, 5.74) is 27.3. The van der Waals surface area contributed by atoms with Crippen LogP contribution in [0.1, 0.15) is 61.1 Å². The molecule has 0 spiro atoms. The van der Waals surface area contributed by atoms with Gasteiger partial charge in [-0.2, -0.15) is 0 Å². The van der Waals surface area contributed by atoms with Crippen molar-refractivity contribution in [2.45, 2.75) is 52.4 Å². The van der Waals surface area contributed by atoms with Crippen molar-refractivity contribution in [2.24, 2.45) is 0 Å². The topological polar surface area (TPSA) is 13.0 Å². The Bertz CT molecular complexity index is 3150. The van der Waals surface area contributed by atoms with Crippen LogP contribution in [0.3, 0.4) is 0 Å². The quantitative estimate of drug-likeness (QED) is 0.175. The Kier molecular flexibility index (Phi) is 8.10. The van der Waals surface area contributed by atoms with Crippen LogP contribution in [-0.4, -0.2) is 0 Å². The van der Waals surface area contributed by atoms with Crippen LogP contribution in [0.25, 0.3) is 22.3 Å². The molecule has 9 aromatic rings.